The Morgan fingerprint density at radius 2 is 2.10 bits per heavy atom. The number of hydrogen-bond acceptors (Lipinski definition) is 4. The second-order valence-corrected chi connectivity index (χ2v) is 5.51. The minimum atomic E-state index is -4.27. The average molecular weight is 297 g/mol. The molecule has 1 N–H and O–H groups in total. The van der Waals surface area contributed by atoms with Crippen molar-refractivity contribution in [1.29, 1.82) is 0 Å². The minimum absolute atomic E-state index is 0.0638. The van der Waals surface area contributed by atoms with Gasteiger partial charge in [-0.3, -0.25) is 4.90 Å². The summed E-state index contributed by atoms with van der Waals surface area (Å²) < 4.78 is 46.0. The molecular weight excluding hydrogens is 275 g/mol. The average Bonchev–Trinajstić information content (AvgIpc) is 2.82. The van der Waals surface area contributed by atoms with Gasteiger partial charge in [-0.1, -0.05) is 0 Å². The lowest BCUT2D eigenvalue weighted by Crippen LogP contribution is -2.47. The van der Waals surface area contributed by atoms with E-state index < -0.39 is 12.8 Å². The molecule has 0 spiro atoms. The van der Waals surface area contributed by atoms with Gasteiger partial charge in [-0.2, -0.15) is 13.2 Å². The van der Waals surface area contributed by atoms with Crippen LogP contribution in [0.5, 0.6) is 0 Å². The summed E-state index contributed by atoms with van der Waals surface area (Å²) in [6.45, 7) is 1.32. The molecule has 0 unspecified atom stereocenters. The molecule has 7 heteroatoms. The molecule has 0 bridgehead atoms. The number of aliphatic hydroxyl groups is 1. The summed E-state index contributed by atoms with van der Waals surface area (Å²) in [5.41, 5.74) is 0. The topological polar surface area (TPSA) is 41.9 Å². The zero-order valence-corrected chi connectivity index (χ0v) is 11.4. The third-order valence-electron chi connectivity index (χ3n) is 4.06. The minimum Gasteiger partial charge on any atom is -0.393 e. The van der Waals surface area contributed by atoms with Crippen molar-refractivity contribution in [3.05, 3.63) is 0 Å². The highest BCUT2D eigenvalue weighted by Gasteiger charge is 2.37. The Morgan fingerprint density at radius 3 is 2.80 bits per heavy atom. The molecule has 2 aliphatic heterocycles. The molecule has 20 heavy (non-hydrogen) atoms. The second-order valence-electron chi connectivity index (χ2n) is 5.51. The SMILES string of the molecule is O[C@@H]1CCOC[C@@H]1[C@@H]1CCCN1CCOCC(F)(F)F. The largest absolute Gasteiger partial charge is 0.411 e. The van der Waals surface area contributed by atoms with E-state index in [1.165, 1.54) is 0 Å². The number of halogens is 3. The van der Waals surface area contributed by atoms with Crippen molar-refractivity contribution in [2.24, 2.45) is 5.92 Å². The van der Waals surface area contributed by atoms with Gasteiger partial charge in [0.15, 0.2) is 0 Å². The molecule has 118 valence electrons. The van der Waals surface area contributed by atoms with E-state index >= 15 is 0 Å². The fourth-order valence-corrected chi connectivity index (χ4v) is 3.10. The summed E-state index contributed by atoms with van der Waals surface area (Å²) in [4.78, 5) is 2.12. The summed E-state index contributed by atoms with van der Waals surface area (Å²) >= 11 is 0. The number of alkyl halides is 3. The maximum absolute atomic E-state index is 12.0. The number of ether oxygens (including phenoxy) is 2. The Hall–Kier alpha value is -0.370. The first-order valence-corrected chi connectivity index (χ1v) is 7.12. The molecular formula is C13H22F3NO3. The van der Waals surface area contributed by atoms with Crippen LogP contribution in [0.3, 0.4) is 0 Å². The smallest absolute Gasteiger partial charge is 0.393 e. The fourth-order valence-electron chi connectivity index (χ4n) is 3.10. The van der Waals surface area contributed by atoms with E-state index in [0.717, 1.165) is 19.4 Å². The van der Waals surface area contributed by atoms with E-state index in [-0.39, 0.29) is 24.7 Å². The van der Waals surface area contributed by atoms with Crippen molar-refractivity contribution in [3.63, 3.8) is 0 Å². The van der Waals surface area contributed by atoms with Crippen LogP contribution in [-0.4, -0.2) is 67.8 Å². The van der Waals surface area contributed by atoms with Crippen LogP contribution in [0.25, 0.3) is 0 Å². The molecule has 0 saturated carbocycles. The fraction of sp³-hybridized carbons (Fsp3) is 1.00. The predicted octanol–water partition coefficient (Wildman–Crippen LogP) is 1.43. The summed E-state index contributed by atoms with van der Waals surface area (Å²) in [5, 5.41) is 10.0. The van der Waals surface area contributed by atoms with Gasteiger partial charge >= 0.3 is 6.18 Å². The molecule has 2 saturated heterocycles. The lowest BCUT2D eigenvalue weighted by atomic mass is 9.89. The summed E-state index contributed by atoms with van der Waals surface area (Å²) in [5.74, 6) is 0.0638. The van der Waals surface area contributed by atoms with Gasteiger partial charge < -0.3 is 14.6 Å². The first-order valence-electron chi connectivity index (χ1n) is 7.12. The van der Waals surface area contributed by atoms with Crippen molar-refractivity contribution >= 4 is 0 Å². The third kappa shape index (κ3) is 4.58. The van der Waals surface area contributed by atoms with Crippen LogP contribution in [0.1, 0.15) is 19.3 Å². The van der Waals surface area contributed by atoms with Gasteiger partial charge in [0.05, 0.1) is 19.3 Å². The van der Waals surface area contributed by atoms with Crippen LogP contribution in [0.4, 0.5) is 13.2 Å². The lowest BCUT2D eigenvalue weighted by Gasteiger charge is -2.37. The molecule has 0 aliphatic carbocycles. The molecule has 0 aromatic carbocycles. The van der Waals surface area contributed by atoms with E-state index in [2.05, 4.69) is 9.64 Å². The Labute approximate surface area is 116 Å². The second kappa shape index (κ2) is 7.06. The first kappa shape index (κ1) is 16.0. The van der Waals surface area contributed by atoms with Crippen molar-refractivity contribution in [2.75, 3.05) is 39.5 Å². The van der Waals surface area contributed by atoms with Gasteiger partial charge in [-0.05, 0) is 25.8 Å². The van der Waals surface area contributed by atoms with Crippen LogP contribution in [0.2, 0.25) is 0 Å². The summed E-state index contributed by atoms with van der Waals surface area (Å²) in [7, 11) is 0. The maximum atomic E-state index is 12.0. The molecule has 0 aromatic rings. The molecule has 2 rings (SSSR count). The first-order chi connectivity index (χ1) is 9.47. The third-order valence-corrected chi connectivity index (χ3v) is 4.06. The Morgan fingerprint density at radius 1 is 1.30 bits per heavy atom. The maximum Gasteiger partial charge on any atom is 0.411 e. The quantitative estimate of drug-likeness (QED) is 0.780. The molecule has 2 heterocycles. The Kier molecular flexibility index (Phi) is 5.65. The predicted molar refractivity (Wildman–Crippen MR) is 66.4 cm³/mol. The number of rotatable bonds is 5. The molecule has 2 fully saturated rings. The van der Waals surface area contributed by atoms with Crippen LogP contribution in [0, 0.1) is 5.92 Å². The highest BCUT2D eigenvalue weighted by Crippen LogP contribution is 2.29. The monoisotopic (exact) mass is 297 g/mol. The van der Waals surface area contributed by atoms with Crippen molar-refractivity contribution < 1.29 is 27.8 Å². The van der Waals surface area contributed by atoms with Crippen LogP contribution in [0.15, 0.2) is 0 Å². The Balaban J connectivity index is 1.75. The highest BCUT2D eigenvalue weighted by atomic mass is 19.4. The zero-order chi connectivity index (χ0) is 14.6. The van der Waals surface area contributed by atoms with Gasteiger partial charge in [-0.25, -0.2) is 0 Å². The number of likely N-dealkylation sites (tertiary alicyclic amines) is 1. The molecule has 0 aromatic heterocycles. The molecule has 0 radical (unpaired) electrons. The van der Waals surface area contributed by atoms with E-state index in [9.17, 15) is 18.3 Å². The number of aliphatic hydroxyl groups excluding tert-OH is 1. The van der Waals surface area contributed by atoms with Crippen LogP contribution >= 0.6 is 0 Å². The van der Waals surface area contributed by atoms with E-state index in [1.54, 1.807) is 0 Å². The highest BCUT2D eigenvalue weighted by molar-refractivity contribution is 4.89. The standard InChI is InChI=1S/C13H22F3NO3/c14-13(15,16)9-20-7-5-17-4-1-2-11(17)10-8-19-6-3-12(10)18/h10-12,18H,1-9H2/t10-,11+,12-/m1/s1. The Bertz CT molecular complexity index is 301. The van der Waals surface area contributed by atoms with Crippen molar-refractivity contribution in [1.82, 2.24) is 4.90 Å². The van der Waals surface area contributed by atoms with Gasteiger partial charge in [-0.15, -0.1) is 0 Å². The van der Waals surface area contributed by atoms with Gasteiger partial charge in [0.2, 0.25) is 0 Å². The summed E-state index contributed by atoms with van der Waals surface area (Å²) in [6.07, 6.45) is -2.03. The van der Waals surface area contributed by atoms with Gasteiger partial charge in [0, 0.05) is 25.1 Å². The summed E-state index contributed by atoms with van der Waals surface area (Å²) in [6, 6.07) is 0.194. The molecule has 0 amide bonds. The molecule has 2 aliphatic rings. The lowest BCUT2D eigenvalue weighted by molar-refractivity contribution is -0.175. The van der Waals surface area contributed by atoms with E-state index in [4.69, 9.17) is 4.74 Å². The normalized spacial score (nSPS) is 32.7. The van der Waals surface area contributed by atoms with Crippen LogP contribution in [-0.2, 0) is 9.47 Å². The van der Waals surface area contributed by atoms with Gasteiger partial charge in [0.1, 0.15) is 6.61 Å². The number of hydrogen-bond donors (Lipinski definition) is 1. The van der Waals surface area contributed by atoms with E-state index in [1.807, 2.05) is 0 Å². The zero-order valence-electron chi connectivity index (χ0n) is 11.4. The van der Waals surface area contributed by atoms with Crippen LogP contribution < -0.4 is 0 Å². The molecule has 4 nitrogen and oxygen atoms in total. The van der Waals surface area contributed by atoms with E-state index in [0.29, 0.717) is 26.2 Å². The molecule has 3 atom stereocenters. The van der Waals surface area contributed by atoms with Crippen molar-refractivity contribution in [2.45, 2.75) is 37.6 Å². The van der Waals surface area contributed by atoms with Gasteiger partial charge in [0.25, 0.3) is 0 Å². The number of nitrogens with zero attached hydrogens (tertiary/aromatic N) is 1. The van der Waals surface area contributed by atoms with Crippen molar-refractivity contribution in [3.8, 4) is 0 Å².